The van der Waals surface area contributed by atoms with Gasteiger partial charge in [-0.1, -0.05) is 50.6 Å². The summed E-state index contributed by atoms with van der Waals surface area (Å²) in [5.41, 5.74) is 1.97. The zero-order valence-corrected chi connectivity index (χ0v) is 20.6. The summed E-state index contributed by atoms with van der Waals surface area (Å²) >= 11 is 0. The van der Waals surface area contributed by atoms with Crippen LogP contribution in [0.5, 0.6) is 0 Å². The van der Waals surface area contributed by atoms with Gasteiger partial charge in [0.05, 0.1) is 0 Å². The van der Waals surface area contributed by atoms with E-state index in [4.69, 9.17) is 9.47 Å². The van der Waals surface area contributed by atoms with Gasteiger partial charge in [-0.05, 0) is 50.0 Å². The van der Waals surface area contributed by atoms with E-state index in [2.05, 4.69) is 18.0 Å². The number of carbonyl (C=O) groups excluding carboxylic acids is 2. The topological polar surface area (TPSA) is 68.7 Å². The Balaban J connectivity index is 2.16. The van der Waals surface area contributed by atoms with Crippen LogP contribution < -0.4 is 0 Å². The third-order valence-corrected chi connectivity index (χ3v) is 5.71. The first-order valence-electron chi connectivity index (χ1n) is 11.8. The number of pyridine rings is 1. The molecule has 6 nitrogen and oxygen atoms in total. The lowest BCUT2D eigenvalue weighted by atomic mass is 9.95. The third-order valence-electron chi connectivity index (χ3n) is 5.71. The van der Waals surface area contributed by atoms with Crippen molar-refractivity contribution in [3.05, 3.63) is 66.0 Å². The van der Waals surface area contributed by atoms with Gasteiger partial charge in [0.25, 0.3) is 0 Å². The molecule has 0 radical (unpaired) electrons. The lowest BCUT2D eigenvalue weighted by Gasteiger charge is -2.24. The van der Waals surface area contributed by atoms with Crippen LogP contribution in [-0.2, 0) is 14.3 Å². The molecule has 33 heavy (non-hydrogen) atoms. The van der Waals surface area contributed by atoms with E-state index >= 15 is 0 Å². The molecule has 1 aromatic heterocycles. The lowest BCUT2D eigenvalue weighted by molar-refractivity contribution is -0.148. The van der Waals surface area contributed by atoms with Crippen LogP contribution in [0, 0.1) is 5.92 Å². The first-order chi connectivity index (χ1) is 15.8. The van der Waals surface area contributed by atoms with Crippen molar-refractivity contribution >= 4 is 12.1 Å². The molecule has 1 aromatic rings. The molecule has 0 bridgehead atoms. The molecule has 1 aliphatic rings. The maximum atomic E-state index is 12.4. The third kappa shape index (κ3) is 9.24. The standard InChI is InChI=1S/C27H38N2O4/c1-20(24-15-9-10-19-28-24)12-11-13-21(2)26-22(3)17-18-23(32-27(31)29(4)5)14-7-6-8-16-25(30)33-26/h9-13,15,17-20,22-23,26H,6-8,14,16H2,1-5H3/b12-11+,18-17+,21-13+/t20-,22-,23+,26+/m0/s1. The highest BCUT2D eigenvalue weighted by atomic mass is 16.6. The summed E-state index contributed by atoms with van der Waals surface area (Å²) in [5.74, 6) is -0.0552. The van der Waals surface area contributed by atoms with Gasteiger partial charge in [0.15, 0.2) is 0 Å². The molecule has 6 heteroatoms. The number of hydrogen-bond donors (Lipinski definition) is 0. The van der Waals surface area contributed by atoms with E-state index in [0.29, 0.717) is 6.42 Å². The summed E-state index contributed by atoms with van der Waals surface area (Å²) in [4.78, 5) is 30.3. The minimum Gasteiger partial charge on any atom is -0.457 e. The Labute approximate surface area is 198 Å². The van der Waals surface area contributed by atoms with Gasteiger partial charge >= 0.3 is 12.1 Å². The van der Waals surface area contributed by atoms with Gasteiger partial charge in [-0.2, -0.15) is 0 Å². The molecular weight excluding hydrogens is 416 g/mol. The zero-order chi connectivity index (χ0) is 24.2. The zero-order valence-electron chi connectivity index (χ0n) is 20.6. The maximum absolute atomic E-state index is 12.4. The Bertz CT molecular complexity index is 845. The number of allylic oxidation sites excluding steroid dienone is 3. The number of nitrogens with zero attached hydrogens (tertiary/aromatic N) is 2. The number of amides is 1. The molecule has 0 saturated carbocycles. The Morgan fingerprint density at radius 3 is 2.73 bits per heavy atom. The van der Waals surface area contributed by atoms with Crippen LogP contribution in [0.4, 0.5) is 4.79 Å². The minimum atomic E-state index is -0.381. The summed E-state index contributed by atoms with van der Waals surface area (Å²) in [6, 6.07) is 5.89. The molecule has 1 amide bonds. The van der Waals surface area contributed by atoms with Gasteiger partial charge in [0, 0.05) is 44.2 Å². The van der Waals surface area contributed by atoms with Crippen molar-refractivity contribution in [3.63, 3.8) is 0 Å². The second-order valence-electron chi connectivity index (χ2n) is 8.91. The highest BCUT2D eigenvalue weighted by Gasteiger charge is 2.23. The van der Waals surface area contributed by atoms with Gasteiger partial charge in [0.1, 0.15) is 12.2 Å². The largest absolute Gasteiger partial charge is 0.457 e. The van der Waals surface area contributed by atoms with Crippen molar-refractivity contribution in [1.29, 1.82) is 0 Å². The quantitative estimate of drug-likeness (QED) is 0.318. The van der Waals surface area contributed by atoms with E-state index in [0.717, 1.165) is 37.0 Å². The van der Waals surface area contributed by atoms with Crippen LogP contribution in [0.3, 0.4) is 0 Å². The molecule has 0 saturated heterocycles. The Kier molecular flexibility index (Phi) is 10.9. The molecule has 0 fully saturated rings. The molecule has 2 heterocycles. The number of carbonyl (C=O) groups is 2. The number of aromatic nitrogens is 1. The predicted octanol–water partition coefficient (Wildman–Crippen LogP) is 5.82. The first kappa shape index (κ1) is 26.4. The first-order valence-corrected chi connectivity index (χ1v) is 11.8. The molecule has 0 spiro atoms. The maximum Gasteiger partial charge on any atom is 0.409 e. The summed E-state index contributed by atoms with van der Waals surface area (Å²) in [6.07, 6.45) is 14.5. The van der Waals surface area contributed by atoms with Gasteiger partial charge in [-0.3, -0.25) is 9.78 Å². The van der Waals surface area contributed by atoms with Crippen LogP contribution in [0.15, 0.2) is 60.3 Å². The van der Waals surface area contributed by atoms with Crippen LogP contribution in [0.25, 0.3) is 0 Å². The van der Waals surface area contributed by atoms with Crippen molar-refractivity contribution in [3.8, 4) is 0 Å². The molecular formula is C27H38N2O4. The van der Waals surface area contributed by atoms with Crippen molar-refractivity contribution in [2.75, 3.05) is 14.1 Å². The van der Waals surface area contributed by atoms with E-state index < -0.39 is 0 Å². The highest BCUT2D eigenvalue weighted by Crippen LogP contribution is 2.22. The Morgan fingerprint density at radius 1 is 1.24 bits per heavy atom. The van der Waals surface area contributed by atoms with E-state index in [9.17, 15) is 9.59 Å². The normalized spacial score (nSPS) is 24.8. The minimum absolute atomic E-state index is 0.0631. The SMILES string of the molecule is C/C(=C\C=C\[C@H](C)c1ccccn1)[C@H]1OC(=O)CCCCC[C@@H](OC(=O)N(C)C)/C=C/[C@@H]1C. The van der Waals surface area contributed by atoms with Crippen LogP contribution in [0.1, 0.15) is 64.5 Å². The van der Waals surface area contributed by atoms with Crippen LogP contribution >= 0.6 is 0 Å². The number of hydrogen-bond acceptors (Lipinski definition) is 5. The second-order valence-corrected chi connectivity index (χ2v) is 8.91. The fourth-order valence-electron chi connectivity index (χ4n) is 3.65. The molecule has 0 unspecified atom stereocenters. The number of ether oxygens (including phenoxy) is 2. The van der Waals surface area contributed by atoms with E-state index in [1.807, 2.05) is 56.4 Å². The lowest BCUT2D eigenvalue weighted by Crippen LogP contribution is -2.28. The van der Waals surface area contributed by atoms with Crippen molar-refractivity contribution < 1.29 is 19.1 Å². The monoisotopic (exact) mass is 454 g/mol. The van der Waals surface area contributed by atoms with Crippen molar-refractivity contribution in [1.82, 2.24) is 9.88 Å². The summed E-state index contributed by atoms with van der Waals surface area (Å²) in [7, 11) is 3.35. The molecule has 1 aliphatic heterocycles. The fourth-order valence-corrected chi connectivity index (χ4v) is 3.65. The second kappa shape index (κ2) is 13.6. The Hall–Kier alpha value is -2.89. The van der Waals surface area contributed by atoms with E-state index in [1.54, 1.807) is 20.3 Å². The average Bonchev–Trinajstić information content (AvgIpc) is 2.79. The molecule has 4 atom stereocenters. The molecule has 2 rings (SSSR count). The van der Waals surface area contributed by atoms with E-state index in [1.165, 1.54) is 4.90 Å². The summed E-state index contributed by atoms with van der Waals surface area (Å²) in [5, 5.41) is 0. The average molecular weight is 455 g/mol. The van der Waals surface area contributed by atoms with Gasteiger partial charge in [0.2, 0.25) is 0 Å². The molecule has 0 N–H and O–H groups in total. The molecule has 180 valence electrons. The van der Waals surface area contributed by atoms with Gasteiger partial charge in [-0.15, -0.1) is 0 Å². The summed E-state index contributed by atoms with van der Waals surface area (Å²) < 4.78 is 11.5. The van der Waals surface area contributed by atoms with Crippen molar-refractivity contribution in [2.45, 2.75) is 71.0 Å². The molecule has 0 aliphatic carbocycles. The predicted molar refractivity (Wildman–Crippen MR) is 131 cm³/mol. The van der Waals surface area contributed by atoms with Gasteiger partial charge in [-0.25, -0.2) is 4.79 Å². The Morgan fingerprint density at radius 2 is 2.03 bits per heavy atom. The number of esters is 1. The van der Waals surface area contributed by atoms with Crippen molar-refractivity contribution in [2.24, 2.45) is 5.92 Å². The van der Waals surface area contributed by atoms with Crippen LogP contribution in [0.2, 0.25) is 0 Å². The van der Waals surface area contributed by atoms with E-state index in [-0.39, 0.29) is 36.1 Å². The number of cyclic esters (lactones) is 1. The number of rotatable bonds is 5. The van der Waals surface area contributed by atoms with Crippen LogP contribution in [-0.4, -0.2) is 48.2 Å². The molecule has 0 aromatic carbocycles. The highest BCUT2D eigenvalue weighted by molar-refractivity contribution is 5.70. The summed E-state index contributed by atoms with van der Waals surface area (Å²) in [6.45, 7) is 6.09. The van der Waals surface area contributed by atoms with Gasteiger partial charge < -0.3 is 14.4 Å². The smallest absolute Gasteiger partial charge is 0.409 e. The fraction of sp³-hybridized carbons (Fsp3) is 0.519.